The van der Waals surface area contributed by atoms with E-state index in [4.69, 9.17) is 28.9 Å². The normalized spacial score (nSPS) is 14.4. The minimum absolute atomic E-state index is 0.117. The molecular formula is C14H15Cl2NS. The van der Waals surface area contributed by atoms with Crippen molar-refractivity contribution in [2.24, 2.45) is 5.73 Å². The second-order valence-electron chi connectivity index (χ2n) is 4.23. The third-order valence-electron chi connectivity index (χ3n) is 3.14. The molecule has 1 aromatic carbocycles. The molecule has 2 rings (SSSR count). The van der Waals surface area contributed by atoms with Crippen LogP contribution in [-0.2, 0) is 0 Å². The quantitative estimate of drug-likeness (QED) is 0.820. The molecule has 2 atom stereocenters. The van der Waals surface area contributed by atoms with Gasteiger partial charge in [-0.15, -0.1) is 11.3 Å². The number of hydrogen-bond acceptors (Lipinski definition) is 2. The van der Waals surface area contributed by atoms with E-state index in [0.717, 1.165) is 12.0 Å². The molecule has 0 fully saturated rings. The molecule has 0 saturated heterocycles. The Morgan fingerprint density at radius 3 is 2.39 bits per heavy atom. The zero-order valence-electron chi connectivity index (χ0n) is 10.1. The van der Waals surface area contributed by atoms with Crippen molar-refractivity contribution >= 4 is 34.5 Å². The van der Waals surface area contributed by atoms with Crippen LogP contribution in [0.25, 0.3) is 0 Å². The summed E-state index contributed by atoms with van der Waals surface area (Å²) in [5.41, 5.74) is 8.55. The highest BCUT2D eigenvalue weighted by Gasteiger charge is 2.23. The molecule has 1 nitrogen and oxygen atoms in total. The van der Waals surface area contributed by atoms with E-state index in [1.807, 2.05) is 24.3 Å². The molecule has 0 aliphatic heterocycles. The molecule has 0 radical (unpaired) electrons. The Morgan fingerprint density at radius 2 is 1.89 bits per heavy atom. The van der Waals surface area contributed by atoms with Crippen LogP contribution in [0, 0.1) is 0 Å². The summed E-state index contributed by atoms with van der Waals surface area (Å²) in [6.07, 6.45) is 0.967. The van der Waals surface area contributed by atoms with Gasteiger partial charge in [0.2, 0.25) is 0 Å². The van der Waals surface area contributed by atoms with Gasteiger partial charge >= 0.3 is 0 Å². The van der Waals surface area contributed by atoms with Gasteiger partial charge in [-0.3, -0.25) is 0 Å². The van der Waals surface area contributed by atoms with E-state index in [1.165, 1.54) is 16.9 Å². The van der Waals surface area contributed by atoms with E-state index >= 15 is 0 Å². The Balaban J connectivity index is 2.31. The minimum atomic E-state index is -0.117. The maximum Gasteiger partial charge on any atom is 0.0992 e. The monoisotopic (exact) mass is 299 g/mol. The lowest BCUT2D eigenvalue weighted by Gasteiger charge is -2.23. The van der Waals surface area contributed by atoms with E-state index in [9.17, 15) is 0 Å². The molecule has 0 spiro atoms. The lowest BCUT2D eigenvalue weighted by molar-refractivity contribution is 0.540. The van der Waals surface area contributed by atoms with Gasteiger partial charge in [0.15, 0.2) is 0 Å². The van der Waals surface area contributed by atoms with E-state index in [2.05, 4.69) is 19.1 Å². The van der Waals surface area contributed by atoms with E-state index in [1.54, 1.807) is 0 Å². The first-order valence-electron chi connectivity index (χ1n) is 5.88. The average molecular weight is 300 g/mol. The van der Waals surface area contributed by atoms with Gasteiger partial charge in [0.1, 0.15) is 0 Å². The first-order chi connectivity index (χ1) is 8.63. The van der Waals surface area contributed by atoms with Crippen molar-refractivity contribution in [2.75, 3.05) is 0 Å². The lowest BCUT2D eigenvalue weighted by Crippen LogP contribution is -2.19. The maximum absolute atomic E-state index is 6.36. The highest BCUT2D eigenvalue weighted by atomic mass is 35.5. The van der Waals surface area contributed by atoms with Gasteiger partial charge in [0.05, 0.1) is 8.67 Å². The van der Waals surface area contributed by atoms with Crippen LogP contribution in [0.4, 0.5) is 0 Å². The summed E-state index contributed by atoms with van der Waals surface area (Å²) in [5, 5.41) is 0. The fourth-order valence-electron chi connectivity index (χ4n) is 2.19. The van der Waals surface area contributed by atoms with Crippen LogP contribution >= 0.6 is 34.5 Å². The number of rotatable bonds is 4. The molecule has 1 heterocycles. The third-order valence-corrected chi connectivity index (χ3v) is 4.66. The van der Waals surface area contributed by atoms with E-state index in [-0.39, 0.29) is 12.0 Å². The highest BCUT2D eigenvalue weighted by molar-refractivity contribution is 7.20. The van der Waals surface area contributed by atoms with E-state index in [0.29, 0.717) is 8.67 Å². The van der Waals surface area contributed by atoms with Gasteiger partial charge in [0.25, 0.3) is 0 Å². The molecular weight excluding hydrogens is 285 g/mol. The molecule has 0 aliphatic carbocycles. The van der Waals surface area contributed by atoms with Crippen molar-refractivity contribution in [2.45, 2.75) is 25.3 Å². The number of hydrogen-bond donors (Lipinski definition) is 1. The summed E-state index contributed by atoms with van der Waals surface area (Å²) >= 11 is 13.5. The molecule has 0 saturated carbocycles. The van der Waals surface area contributed by atoms with Gasteiger partial charge in [-0.1, -0.05) is 60.5 Å². The molecule has 2 unspecified atom stereocenters. The first kappa shape index (κ1) is 13.9. The minimum Gasteiger partial charge on any atom is -0.323 e. The van der Waals surface area contributed by atoms with Gasteiger partial charge in [0, 0.05) is 17.5 Å². The number of thiophene rings is 1. The van der Waals surface area contributed by atoms with Gasteiger partial charge in [-0.05, 0) is 18.1 Å². The number of benzene rings is 1. The highest BCUT2D eigenvalue weighted by Crippen LogP contribution is 2.40. The summed E-state index contributed by atoms with van der Waals surface area (Å²) in [4.78, 5) is 0. The summed E-state index contributed by atoms with van der Waals surface area (Å²) in [7, 11) is 0. The molecule has 0 amide bonds. The maximum atomic E-state index is 6.36. The fourth-order valence-corrected chi connectivity index (χ4v) is 3.76. The Kier molecular flexibility index (Phi) is 4.68. The summed E-state index contributed by atoms with van der Waals surface area (Å²) in [5.74, 6) is 0.259. The summed E-state index contributed by atoms with van der Waals surface area (Å²) in [6, 6.07) is 12.1. The van der Waals surface area contributed by atoms with Crippen molar-refractivity contribution in [3.8, 4) is 0 Å². The second-order valence-corrected chi connectivity index (χ2v) is 6.52. The van der Waals surface area contributed by atoms with Crippen LogP contribution in [0.1, 0.15) is 36.4 Å². The van der Waals surface area contributed by atoms with Crippen LogP contribution in [0.2, 0.25) is 8.67 Å². The van der Waals surface area contributed by atoms with Crippen molar-refractivity contribution in [1.29, 1.82) is 0 Å². The van der Waals surface area contributed by atoms with Crippen molar-refractivity contribution in [3.05, 3.63) is 56.2 Å². The van der Waals surface area contributed by atoms with Crippen molar-refractivity contribution < 1.29 is 0 Å². The Bertz CT molecular complexity index is 510. The van der Waals surface area contributed by atoms with Crippen LogP contribution in [0.15, 0.2) is 36.4 Å². The van der Waals surface area contributed by atoms with Crippen LogP contribution in [0.3, 0.4) is 0 Å². The van der Waals surface area contributed by atoms with Crippen molar-refractivity contribution in [1.82, 2.24) is 0 Å². The van der Waals surface area contributed by atoms with Crippen molar-refractivity contribution in [3.63, 3.8) is 0 Å². The molecule has 18 heavy (non-hydrogen) atoms. The molecule has 96 valence electrons. The van der Waals surface area contributed by atoms with Crippen LogP contribution in [0.5, 0.6) is 0 Å². The zero-order valence-corrected chi connectivity index (χ0v) is 12.4. The second kappa shape index (κ2) is 6.07. The number of nitrogens with two attached hydrogens (primary N) is 1. The molecule has 1 aromatic heterocycles. The van der Waals surface area contributed by atoms with E-state index < -0.39 is 0 Å². The third kappa shape index (κ3) is 2.89. The fraction of sp³-hybridized carbons (Fsp3) is 0.286. The zero-order chi connectivity index (χ0) is 13.1. The SMILES string of the molecule is CCC(c1ccccc1)C(N)c1cc(Cl)sc1Cl. The summed E-state index contributed by atoms with van der Waals surface area (Å²) < 4.78 is 1.38. The van der Waals surface area contributed by atoms with Crippen LogP contribution < -0.4 is 5.73 Å². The van der Waals surface area contributed by atoms with Gasteiger partial charge < -0.3 is 5.73 Å². The molecule has 0 aliphatic rings. The van der Waals surface area contributed by atoms with Crippen LogP contribution in [-0.4, -0.2) is 0 Å². The first-order valence-corrected chi connectivity index (χ1v) is 7.46. The molecule has 0 bridgehead atoms. The smallest absolute Gasteiger partial charge is 0.0992 e. The Hall–Kier alpha value is -0.540. The number of halogens is 2. The van der Waals surface area contributed by atoms with Gasteiger partial charge in [-0.25, -0.2) is 0 Å². The standard InChI is InChI=1S/C14H15Cl2NS/c1-2-10(9-6-4-3-5-7-9)13(17)11-8-12(15)18-14(11)16/h3-8,10,13H,2,17H2,1H3. The Labute approximate surface area is 122 Å². The van der Waals surface area contributed by atoms with Gasteiger partial charge in [-0.2, -0.15) is 0 Å². The predicted molar refractivity (Wildman–Crippen MR) is 80.7 cm³/mol. The lowest BCUT2D eigenvalue weighted by atomic mass is 9.87. The topological polar surface area (TPSA) is 26.0 Å². The largest absolute Gasteiger partial charge is 0.323 e. The molecule has 4 heteroatoms. The molecule has 2 aromatic rings. The molecule has 2 N–H and O–H groups in total. The summed E-state index contributed by atoms with van der Waals surface area (Å²) in [6.45, 7) is 2.14. The predicted octanol–water partition coefficient (Wildman–Crippen LogP) is 5.25. The Morgan fingerprint density at radius 1 is 1.22 bits per heavy atom. The average Bonchev–Trinajstić information content (AvgIpc) is 2.70.